The van der Waals surface area contributed by atoms with E-state index in [2.05, 4.69) is 10.2 Å². The van der Waals surface area contributed by atoms with Crippen LogP contribution in [-0.4, -0.2) is 37.2 Å². The van der Waals surface area contributed by atoms with Crippen LogP contribution in [0.4, 0.5) is 5.69 Å². The molecule has 1 aromatic rings. The SMILES string of the molecule is O=C(CN1CCCCCC1)Nc1cccc2c1OCO2.[Cl-]. The number of anilines is 1. The van der Waals surface area contributed by atoms with E-state index in [0.29, 0.717) is 23.7 Å². The van der Waals surface area contributed by atoms with Crippen molar-refractivity contribution < 1.29 is 26.7 Å². The summed E-state index contributed by atoms with van der Waals surface area (Å²) in [5.41, 5.74) is 0.694. The minimum absolute atomic E-state index is 0. The quantitative estimate of drug-likeness (QED) is 0.797. The first-order valence-corrected chi connectivity index (χ1v) is 7.24. The van der Waals surface area contributed by atoms with Gasteiger partial charge in [0.2, 0.25) is 12.7 Å². The maximum absolute atomic E-state index is 12.1. The topological polar surface area (TPSA) is 50.8 Å². The first-order valence-electron chi connectivity index (χ1n) is 7.24. The summed E-state index contributed by atoms with van der Waals surface area (Å²) in [5, 5.41) is 2.92. The molecule has 0 aliphatic carbocycles. The van der Waals surface area contributed by atoms with E-state index in [1.165, 1.54) is 25.7 Å². The summed E-state index contributed by atoms with van der Waals surface area (Å²) < 4.78 is 10.7. The number of carbonyl (C=O) groups is 1. The monoisotopic (exact) mass is 311 g/mol. The third kappa shape index (κ3) is 4.02. The number of hydrogen-bond acceptors (Lipinski definition) is 4. The van der Waals surface area contributed by atoms with Crippen LogP contribution in [0.3, 0.4) is 0 Å². The lowest BCUT2D eigenvalue weighted by molar-refractivity contribution is -0.117. The van der Waals surface area contributed by atoms with Gasteiger partial charge in [0.05, 0.1) is 12.2 Å². The summed E-state index contributed by atoms with van der Waals surface area (Å²) in [6.07, 6.45) is 4.92. The molecule has 0 aromatic heterocycles. The Morgan fingerprint density at radius 3 is 2.67 bits per heavy atom. The van der Waals surface area contributed by atoms with Crippen molar-refractivity contribution in [2.75, 3.05) is 31.7 Å². The highest BCUT2D eigenvalue weighted by molar-refractivity contribution is 5.94. The van der Waals surface area contributed by atoms with Gasteiger partial charge in [-0.05, 0) is 38.1 Å². The molecule has 2 aliphatic rings. The number of ether oxygens (including phenoxy) is 2. The molecule has 1 saturated heterocycles. The second-order valence-electron chi connectivity index (χ2n) is 5.28. The Kier molecular flexibility index (Phi) is 5.70. The van der Waals surface area contributed by atoms with Crippen LogP contribution in [0.25, 0.3) is 0 Å². The highest BCUT2D eigenvalue weighted by Gasteiger charge is 2.19. The molecule has 0 bridgehead atoms. The second kappa shape index (κ2) is 7.52. The van der Waals surface area contributed by atoms with E-state index in [4.69, 9.17) is 9.47 Å². The Balaban J connectivity index is 0.00000161. The van der Waals surface area contributed by atoms with Gasteiger partial charge in [-0.15, -0.1) is 0 Å². The average molecular weight is 312 g/mol. The average Bonchev–Trinajstić information content (AvgIpc) is 2.78. The molecule has 21 heavy (non-hydrogen) atoms. The van der Waals surface area contributed by atoms with Crippen LogP contribution in [-0.2, 0) is 4.79 Å². The minimum atomic E-state index is 0. The number of para-hydroxylation sites is 1. The van der Waals surface area contributed by atoms with Gasteiger partial charge in [0.1, 0.15) is 0 Å². The standard InChI is InChI=1S/C15H20N2O3.ClH/c18-14(10-17-8-3-1-2-4-9-17)16-12-6-5-7-13-15(12)20-11-19-13;/h5-7H,1-4,8-11H2,(H,16,18);1H/p-1. The Bertz CT molecular complexity index is 488. The lowest BCUT2D eigenvalue weighted by Gasteiger charge is -2.19. The molecule has 2 aliphatic heterocycles. The summed E-state index contributed by atoms with van der Waals surface area (Å²) in [6.45, 7) is 2.69. The Labute approximate surface area is 131 Å². The van der Waals surface area contributed by atoms with E-state index < -0.39 is 0 Å². The van der Waals surface area contributed by atoms with Gasteiger partial charge in [0, 0.05) is 0 Å². The molecule has 0 atom stereocenters. The zero-order valence-corrected chi connectivity index (χ0v) is 12.7. The maximum Gasteiger partial charge on any atom is 0.238 e. The van der Waals surface area contributed by atoms with Crippen LogP contribution >= 0.6 is 0 Å². The largest absolute Gasteiger partial charge is 1.00 e. The molecule has 2 heterocycles. The fourth-order valence-electron chi connectivity index (χ4n) is 2.72. The lowest BCUT2D eigenvalue weighted by Crippen LogP contribution is -3.00. The predicted octanol–water partition coefficient (Wildman–Crippen LogP) is -0.766. The number of hydrogen-bond donors (Lipinski definition) is 1. The van der Waals surface area contributed by atoms with Crippen molar-refractivity contribution in [2.24, 2.45) is 0 Å². The van der Waals surface area contributed by atoms with Gasteiger partial charge in [-0.2, -0.15) is 0 Å². The first-order chi connectivity index (χ1) is 9.83. The van der Waals surface area contributed by atoms with Gasteiger partial charge < -0.3 is 27.2 Å². The van der Waals surface area contributed by atoms with E-state index in [1.807, 2.05) is 18.2 Å². The smallest absolute Gasteiger partial charge is 0.238 e. The van der Waals surface area contributed by atoms with Crippen LogP contribution in [0.1, 0.15) is 25.7 Å². The molecule has 5 nitrogen and oxygen atoms in total. The fraction of sp³-hybridized carbons (Fsp3) is 0.533. The highest BCUT2D eigenvalue weighted by atomic mass is 35.5. The zero-order chi connectivity index (χ0) is 13.8. The number of nitrogens with one attached hydrogen (secondary N) is 1. The summed E-state index contributed by atoms with van der Waals surface area (Å²) in [7, 11) is 0. The number of benzene rings is 1. The van der Waals surface area contributed by atoms with Crippen LogP contribution < -0.4 is 27.2 Å². The normalized spacial score (nSPS) is 17.7. The zero-order valence-electron chi connectivity index (χ0n) is 11.9. The minimum Gasteiger partial charge on any atom is -1.00 e. The number of fused-ring (bicyclic) bond motifs is 1. The third-order valence-corrected chi connectivity index (χ3v) is 3.74. The Hall–Kier alpha value is -1.46. The molecule has 0 saturated carbocycles. The van der Waals surface area contributed by atoms with Crippen molar-refractivity contribution in [3.63, 3.8) is 0 Å². The van der Waals surface area contributed by atoms with Crippen LogP contribution in [0.2, 0.25) is 0 Å². The van der Waals surface area contributed by atoms with E-state index in [-0.39, 0.29) is 25.1 Å². The Morgan fingerprint density at radius 1 is 1.14 bits per heavy atom. The molecule has 0 spiro atoms. The summed E-state index contributed by atoms with van der Waals surface area (Å²) in [6, 6.07) is 5.54. The number of amides is 1. The molecule has 1 N–H and O–H groups in total. The van der Waals surface area contributed by atoms with Gasteiger partial charge in [0.15, 0.2) is 11.5 Å². The number of likely N-dealkylation sites (tertiary alicyclic amines) is 1. The Morgan fingerprint density at radius 2 is 1.90 bits per heavy atom. The molecule has 116 valence electrons. The van der Waals surface area contributed by atoms with Gasteiger partial charge in [-0.3, -0.25) is 9.69 Å². The molecule has 0 unspecified atom stereocenters. The van der Waals surface area contributed by atoms with Crippen molar-refractivity contribution in [1.29, 1.82) is 0 Å². The maximum atomic E-state index is 12.1. The van der Waals surface area contributed by atoms with Crippen molar-refractivity contribution in [3.05, 3.63) is 18.2 Å². The van der Waals surface area contributed by atoms with E-state index >= 15 is 0 Å². The summed E-state index contributed by atoms with van der Waals surface area (Å²) in [5.74, 6) is 1.34. The number of carbonyl (C=O) groups excluding carboxylic acids is 1. The second-order valence-corrected chi connectivity index (χ2v) is 5.28. The molecule has 1 amide bonds. The lowest BCUT2D eigenvalue weighted by atomic mass is 10.2. The van der Waals surface area contributed by atoms with Crippen molar-refractivity contribution in [1.82, 2.24) is 4.90 Å². The van der Waals surface area contributed by atoms with Gasteiger partial charge in [-0.1, -0.05) is 18.9 Å². The first kappa shape index (κ1) is 15.9. The fourth-order valence-corrected chi connectivity index (χ4v) is 2.72. The predicted molar refractivity (Wildman–Crippen MR) is 76.1 cm³/mol. The molecule has 3 rings (SSSR count). The van der Waals surface area contributed by atoms with Crippen LogP contribution in [0.15, 0.2) is 18.2 Å². The third-order valence-electron chi connectivity index (χ3n) is 3.74. The van der Waals surface area contributed by atoms with Gasteiger partial charge >= 0.3 is 0 Å². The van der Waals surface area contributed by atoms with Gasteiger partial charge in [-0.25, -0.2) is 0 Å². The highest BCUT2D eigenvalue weighted by Crippen LogP contribution is 2.38. The van der Waals surface area contributed by atoms with Crippen molar-refractivity contribution in [3.8, 4) is 11.5 Å². The van der Waals surface area contributed by atoms with Crippen LogP contribution in [0, 0.1) is 0 Å². The number of nitrogens with zero attached hydrogens (tertiary/aromatic N) is 1. The number of rotatable bonds is 3. The molecule has 1 aromatic carbocycles. The van der Waals surface area contributed by atoms with Crippen molar-refractivity contribution >= 4 is 11.6 Å². The summed E-state index contributed by atoms with van der Waals surface area (Å²) >= 11 is 0. The molecule has 6 heteroatoms. The molecular weight excluding hydrogens is 292 g/mol. The number of halogens is 1. The van der Waals surface area contributed by atoms with E-state index in [0.717, 1.165) is 13.1 Å². The molecule has 1 fully saturated rings. The van der Waals surface area contributed by atoms with Crippen molar-refractivity contribution in [2.45, 2.75) is 25.7 Å². The van der Waals surface area contributed by atoms with E-state index in [1.54, 1.807) is 0 Å². The molecule has 0 radical (unpaired) electrons. The summed E-state index contributed by atoms with van der Waals surface area (Å²) in [4.78, 5) is 14.4. The van der Waals surface area contributed by atoms with E-state index in [9.17, 15) is 4.79 Å². The van der Waals surface area contributed by atoms with Gasteiger partial charge in [0.25, 0.3) is 0 Å². The molecular formula is C15H20ClN2O3-. The van der Waals surface area contributed by atoms with Crippen LogP contribution in [0.5, 0.6) is 11.5 Å².